The Morgan fingerprint density at radius 1 is 1.37 bits per heavy atom. The van der Waals surface area contributed by atoms with E-state index in [2.05, 4.69) is 29.4 Å². The SMILES string of the molecule is CCC[C@@H](C)c1nnc(NC(=O)[C@H]2CC(=O)N(c3ccc(OC)cc3)C2)s1. The normalized spacial score (nSPS) is 17.8. The fraction of sp³-hybridized carbons (Fsp3) is 0.474. The molecule has 0 aliphatic carbocycles. The third kappa shape index (κ3) is 4.44. The highest BCUT2D eigenvalue weighted by molar-refractivity contribution is 7.15. The number of nitrogens with zero attached hydrogens (tertiary/aromatic N) is 3. The van der Waals surface area contributed by atoms with Gasteiger partial charge in [0.15, 0.2) is 0 Å². The van der Waals surface area contributed by atoms with Crippen molar-refractivity contribution in [3.05, 3.63) is 29.3 Å². The molecule has 1 aliphatic heterocycles. The van der Waals surface area contributed by atoms with E-state index in [0.29, 0.717) is 17.6 Å². The van der Waals surface area contributed by atoms with Crippen molar-refractivity contribution in [3.8, 4) is 5.75 Å². The molecule has 1 N–H and O–H groups in total. The van der Waals surface area contributed by atoms with E-state index in [1.807, 2.05) is 12.1 Å². The Kier molecular flexibility index (Phi) is 6.05. The van der Waals surface area contributed by atoms with Gasteiger partial charge >= 0.3 is 0 Å². The molecule has 0 spiro atoms. The molecule has 3 rings (SSSR count). The van der Waals surface area contributed by atoms with Gasteiger partial charge in [0.1, 0.15) is 10.8 Å². The van der Waals surface area contributed by atoms with Crippen LogP contribution in [0.15, 0.2) is 24.3 Å². The summed E-state index contributed by atoms with van der Waals surface area (Å²) >= 11 is 1.40. The molecule has 2 amide bonds. The highest BCUT2D eigenvalue weighted by atomic mass is 32.1. The van der Waals surface area contributed by atoms with Crippen molar-refractivity contribution >= 4 is 34.0 Å². The molecule has 8 heteroatoms. The van der Waals surface area contributed by atoms with Crippen LogP contribution in [0.1, 0.15) is 44.0 Å². The van der Waals surface area contributed by atoms with Gasteiger partial charge in [0.2, 0.25) is 16.9 Å². The molecule has 27 heavy (non-hydrogen) atoms. The van der Waals surface area contributed by atoms with Gasteiger partial charge < -0.3 is 15.0 Å². The van der Waals surface area contributed by atoms with Crippen LogP contribution in [0, 0.1) is 5.92 Å². The second-order valence-corrected chi connectivity index (χ2v) is 7.74. The summed E-state index contributed by atoms with van der Waals surface area (Å²) in [6.07, 6.45) is 2.31. The minimum absolute atomic E-state index is 0.0603. The molecule has 2 atom stereocenters. The predicted molar refractivity (Wildman–Crippen MR) is 105 cm³/mol. The lowest BCUT2D eigenvalue weighted by Gasteiger charge is -2.16. The zero-order valence-corrected chi connectivity index (χ0v) is 16.6. The lowest BCUT2D eigenvalue weighted by atomic mass is 10.1. The predicted octanol–water partition coefficient (Wildman–Crippen LogP) is 3.44. The largest absolute Gasteiger partial charge is 0.497 e. The van der Waals surface area contributed by atoms with Crippen LogP contribution in [-0.2, 0) is 9.59 Å². The van der Waals surface area contributed by atoms with Crippen LogP contribution in [0.3, 0.4) is 0 Å². The van der Waals surface area contributed by atoms with Crippen molar-refractivity contribution < 1.29 is 14.3 Å². The van der Waals surface area contributed by atoms with Crippen LogP contribution in [-0.4, -0.2) is 35.7 Å². The van der Waals surface area contributed by atoms with Gasteiger partial charge in [0.25, 0.3) is 0 Å². The molecular weight excluding hydrogens is 364 g/mol. The quantitative estimate of drug-likeness (QED) is 0.785. The molecule has 7 nitrogen and oxygen atoms in total. The number of rotatable bonds is 7. The molecule has 1 aromatic heterocycles. The number of amides is 2. The summed E-state index contributed by atoms with van der Waals surface area (Å²) in [5.41, 5.74) is 0.766. The number of anilines is 2. The molecule has 0 unspecified atom stereocenters. The first-order valence-electron chi connectivity index (χ1n) is 9.10. The molecule has 1 aromatic carbocycles. The van der Waals surface area contributed by atoms with Crippen LogP contribution >= 0.6 is 11.3 Å². The number of hydrogen-bond acceptors (Lipinski definition) is 6. The lowest BCUT2D eigenvalue weighted by Crippen LogP contribution is -2.28. The smallest absolute Gasteiger partial charge is 0.231 e. The number of carbonyl (C=O) groups is 2. The van der Waals surface area contributed by atoms with E-state index < -0.39 is 5.92 Å². The van der Waals surface area contributed by atoms with Crippen molar-refractivity contribution in [1.29, 1.82) is 0 Å². The molecule has 144 valence electrons. The van der Waals surface area contributed by atoms with Crippen LogP contribution < -0.4 is 15.0 Å². The average molecular weight is 388 g/mol. The van der Waals surface area contributed by atoms with Gasteiger partial charge in [0, 0.05) is 24.6 Å². The first-order chi connectivity index (χ1) is 13.0. The zero-order chi connectivity index (χ0) is 19.4. The fourth-order valence-electron chi connectivity index (χ4n) is 3.14. The number of aromatic nitrogens is 2. The Balaban J connectivity index is 1.62. The Bertz CT molecular complexity index is 806. The third-order valence-electron chi connectivity index (χ3n) is 4.69. The summed E-state index contributed by atoms with van der Waals surface area (Å²) in [6, 6.07) is 7.25. The van der Waals surface area contributed by atoms with E-state index in [9.17, 15) is 9.59 Å². The van der Waals surface area contributed by atoms with Crippen LogP contribution in [0.5, 0.6) is 5.75 Å². The Morgan fingerprint density at radius 2 is 2.11 bits per heavy atom. The Morgan fingerprint density at radius 3 is 2.78 bits per heavy atom. The van der Waals surface area contributed by atoms with E-state index in [1.54, 1.807) is 24.1 Å². The molecule has 1 aliphatic rings. The fourth-order valence-corrected chi connectivity index (χ4v) is 3.98. The summed E-state index contributed by atoms with van der Waals surface area (Å²) in [5.74, 6) is 0.404. The van der Waals surface area contributed by atoms with Gasteiger partial charge in [-0.3, -0.25) is 9.59 Å². The first kappa shape index (κ1) is 19.3. The van der Waals surface area contributed by atoms with Gasteiger partial charge in [-0.1, -0.05) is 31.6 Å². The summed E-state index contributed by atoms with van der Waals surface area (Å²) in [4.78, 5) is 26.6. The lowest BCUT2D eigenvalue weighted by molar-refractivity contribution is -0.122. The second kappa shape index (κ2) is 8.47. The molecule has 0 bridgehead atoms. The maximum atomic E-state index is 12.6. The highest BCUT2D eigenvalue weighted by Gasteiger charge is 2.35. The van der Waals surface area contributed by atoms with Gasteiger partial charge in [-0.15, -0.1) is 10.2 Å². The van der Waals surface area contributed by atoms with Gasteiger partial charge in [-0.2, -0.15) is 0 Å². The molecule has 1 fully saturated rings. The second-order valence-electron chi connectivity index (χ2n) is 6.73. The number of nitrogens with one attached hydrogen (secondary N) is 1. The molecule has 2 aromatic rings. The summed E-state index contributed by atoms with van der Waals surface area (Å²) in [7, 11) is 1.60. The van der Waals surface area contributed by atoms with Gasteiger partial charge in [-0.25, -0.2) is 0 Å². The minimum Gasteiger partial charge on any atom is -0.497 e. The first-order valence-corrected chi connectivity index (χ1v) is 9.92. The monoisotopic (exact) mass is 388 g/mol. The standard InChI is InChI=1S/C19H24N4O3S/c1-4-5-12(2)18-21-22-19(27-18)20-17(25)13-10-16(24)23(11-13)14-6-8-15(26-3)9-7-14/h6-9,12-13H,4-5,10-11H2,1-3H3,(H,20,22,25)/t12-,13+/m1/s1. The minimum atomic E-state index is -0.403. The summed E-state index contributed by atoms with van der Waals surface area (Å²) in [6.45, 7) is 4.60. The molecule has 0 saturated carbocycles. The number of hydrogen-bond donors (Lipinski definition) is 1. The van der Waals surface area contributed by atoms with E-state index in [-0.39, 0.29) is 18.2 Å². The van der Waals surface area contributed by atoms with Crippen LogP contribution in [0.2, 0.25) is 0 Å². The topological polar surface area (TPSA) is 84.4 Å². The maximum absolute atomic E-state index is 12.6. The van der Waals surface area contributed by atoms with E-state index in [1.165, 1.54) is 11.3 Å². The van der Waals surface area contributed by atoms with Crippen LogP contribution in [0.25, 0.3) is 0 Å². The van der Waals surface area contributed by atoms with Gasteiger partial charge in [0.05, 0.1) is 13.0 Å². The van der Waals surface area contributed by atoms with Gasteiger partial charge in [-0.05, 0) is 30.7 Å². The molecule has 0 radical (unpaired) electrons. The molecule has 2 heterocycles. The van der Waals surface area contributed by atoms with E-state index >= 15 is 0 Å². The van der Waals surface area contributed by atoms with E-state index in [0.717, 1.165) is 29.3 Å². The Hall–Kier alpha value is -2.48. The van der Waals surface area contributed by atoms with Crippen LogP contribution in [0.4, 0.5) is 10.8 Å². The van der Waals surface area contributed by atoms with Crippen molar-refractivity contribution in [1.82, 2.24) is 10.2 Å². The number of methoxy groups -OCH3 is 1. The third-order valence-corrected chi connectivity index (χ3v) is 5.76. The van der Waals surface area contributed by atoms with Crippen molar-refractivity contribution in [2.45, 2.75) is 39.0 Å². The van der Waals surface area contributed by atoms with Crippen molar-refractivity contribution in [2.24, 2.45) is 5.92 Å². The number of carbonyl (C=O) groups excluding carboxylic acids is 2. The maximum Gasteiger partial charge on any atom is 0.231 e. The summed E-state index contributed by atoms with van der Waals surface area (Å²) in [5, 5.41) is 12.5. The number of benzene rings is 1. The highest BCUT2D eigenvalue weighted by Crippen LogP contribution is 2.29. The molecular formula is C19H24N4O3S. The molecule has 1 saturated heterocycles. The summed E-state index contributed by atoms with van der Waals surface area (Å²) < 4.78 is 5.14. The van der Waals surface area contributed by atoms with E-state index in [4.69, 9.17) is 4.74 Å². The van der Waals surface area contributed by atoms with Crippen molar-refractivity contribution in [2.75, 3.05) is 23.9 Å². The van der Waals surface area contributed by atoms with Crippen molar-refractivity contribution in [3.63, 3.8) is 0 Å². The number of ether oxygens (including phenoxy) is 1. The zero-order valence-electron chi connectivity index (χ0n) is 15.8. The average Bonchev–Trinajstić information content (AvgIpc) is 3.29. The Labute approximate surface area is 162 Å².